The number of primary sulfonamides is 1. The van der Waals surface area contributed by atoms with E-state index in [0.717, 1.165) is 21.7 Å². The van der Waals surface area contributed by atoms with Gasteiger partial charge in [0.25, 0.3) is 15.9 Å². The molecule has 35 nitrogen and oxygen atoms in total. The quantitative estimate of drug-likeness (QED) is 0.00497. The zero-order valence-electron chi connectivity index (χ0n) is 54.8. The fraction of sp³-hybridized carbons (Fsp3) is 0.467. The van der Waals surface area contributed by atoms with Gasteiger partial charge in [-0.2, -0.15) is 0 Å². The Morgan fingerprint density at radius 2 is 1.52 bits per heavy atom. The topological polar surface area (TPSA) is 509 Å². The summed E-state index contributed by atoms with van der Waals surface area (Å²) >= 11 is 7.20. The van der Waals surface area contributed by atoms with Crippen molar-refractivity contribution in [3.63, 3.8) is 0 Å². The monoisotopic (exact) mass is 1490 g/mol. The molecular formula is C60H79ClN18O17S4. The fourth-order valence-corrected chi connectivity index (χ4v) is 13.9. The molecule has 6 aromatic rings. The number of rotatable bonds is 40. The van der Waals surface area contributed by atoms with Crippen LogP contribution < -0.4 is 62.3 Å². The number of alkyl halides is 1. The van der Waals surface area contributed by atoms with Gasteiger partial charge in [-0.15, -0.1) is 26.9 Å². The van der Waals surface area contributed by atoms with Gasteiger partial charge in [0, 0.05) is 111 Å². The molecule has 7 amide bonds. The Kier molecular flexibility index (Phi) is 29.2. The van der Waals surface area contributed by atoms with E-state index in [9.17, 15) is 66.9 Å². The molecule has 1 aliphatic heterocycles. The van der Waals surface area contributed by atoms with Crippen molar-refractivity contribution in [3.05, 3.63) is 71.7 Å². The number of halogens is 1. The second kappa shape index (κ2) is 37.3. The van der Waals surface area contributed by atoms with E-state index < -0.39 is 99.1 Å². The predicted molar refractivity (Wildman–Crippen MR) is 373 cm³/mol. The van der Waals surface area contributed by atoms with Gasteiger partial charge in [0.2, 0.25) is 39.0 Å². The number of hydrogen-bond donors (Lipinski definition) is 12. The predicted octanol–water partition coefficient (Wildman–Crippen LogP) is 1.88. The number of nitrogens with two attached hydrogens (primary N) is 3. The summed E-state index contributed by atoms with van der Waals surface area (Å²) in [6.45, 7) is 1.68. The smallest absolute Gasteiger partial charge is 0.415 e. The number of nitrogens with one attached hydrogen (secondary N) is 6. The number of carbonyl (C=O) groups is 9. The number of aliphatic imine (C=N–C) groups is 1. The molecule has 0 fully saturated rings. The molecule has 4 heterocycles. The lowest BCUT2D eigenvalue weighted by atomic mass is 9.95. The number of carboxylic acids is 2. The Hall–Kier alpha value is -9.12. The number of carbonyl (C=O) groups excluding carboxylic acids is 7. The number of carboxylic acid groups (broad SMARTS) is 2. The number of hydrogen-bond acceptors (Lipinski definition) is 24. The lowest BCUT2D eigenvalue weighted by molar-refractivity contribution is -0.142. The molecule has 3 aromatic heterocycles. The molecule has 100 heavy (non-hydrogen) atoms. The van der Waals surface area contributed by atoms with Crippen LogP contribution in [0.25, 0.3) is 21.7 Å². The average Bonchev–Trinajstić information content (AvgIpc) is 1.56. The minimum atomic E-state index is -4.07. The van der Waals surface area contributed by atoms with E-state index in [2.05, 4.69) is 57.1 Å². The van der Waals surface area contributed by atoms with Gasteiger partial charge < -0.3 is 87.3 Å². The number of fused-ring (bicyclic) bond motifs is 4. The van der Waals surface area contributed by atoms with E-state index in [4.69, 9.17) is 42.4 Å². The Balaban J connectivity index is 0.881. The van der Waals surface area contributed by atoms with E-state index in [0.29, 0.717) is 101 Å². The molecule has 0 aliphatic carbocycles. The highest BCUT2D eigenvalue weighted by Crippen LogP contribution is 2.47. The number of benzene rings is 3. The highest BCUT2D eigenvalue weighted by Gasteiger charge is 2.37. The highest BCUT2D eigenvalue weighted by molar-refractivity contribution is 8.76. The minimum absolute atomic E-state index is 0.0293. The van der Waals surface area contributed by atoms with Crippen LogP contribution in [-0.4, -0.2) is 226 Å². The number of aliphatic hydroxyl groups is 1. The van der Waals surface area contributed by atoms with Crippen molar-refractivity contribution in [2.75, 3.05) is 88.6 Å². The van der Waals surface area contributed by atoms with Crippen molar-refractivity contribution < 1.29 is 81.1 Å². The number of aliphatic hydroxyl groups excluding tert-OH is 1. The molecule has 0 saturated heterocycles. The molecule has 0 unspecified atom stereocenters. The number of likely N-dealkylation sites (N-methyl/N-ethyl adjacent to an activating group) is 1. The lowest BCUT2D eigenvalue weighted by Crippen LogP contribution is -2.58. The number of anilines is 2. The summed E-state index contributed by atoms with van der Waals surface area (Å²) in [6.07, 6.45) is 0.0963. The fourth-order valence-electron chi connectivity index (χ4n) is 10.3. The first kappa shape index (κ1) is 78.2. The van der Waals surface area contributed by atoms with Crippen molar-refractivity contribution in [2.24, 2.45) is 21.6 Å². The number of aliphatic carboxylic acids is 2. The standard InChI is InChI=1S/C60H79ClN18O17S4/c1-76(2)19-21-95-46-23-37-38(29-66-40(37)24-45(46)94-4)56(90)79-30-33(28-61)52-36-13-6-5-12-35(36)44(27-43(52)79)96-60(91)77(3)20-22-97-98-32-49(82)70-55(89)42(26-51(85)86)69-53(87)39(14-10-17-65-57(62)63)68-54(88)41(25-50(83)84)67-47(80)15-7-8-18-78-31-34(72-75-78)11-9-16-48(81)71-58-73-74-59(99-58)100(64,92)93/h5-6,12-13,23-24,27,29,31,33,39,41-42,49,66,82H,7-11,14-22,25-26,28,30,32H2,1-4H3,(H,67,80)(H,68,88)(H,69,87)(H,70,89)(H,83,84)(H,85,86)(H4,62,63,65)(H2,64,92,93)(H,71,73,81)/t33-,39+,41+,42+,49-/m1/s1. The van der Waals surface area contributed by atoms with Gasteiger partial charge in [-0.25, -0.2) is 18.4 Å². The number of aromatic amines is 1. The summed E-state index contributed by atoms with van der Waals surface area (Å²) in [5.74, 6) is -6.82. The van der Waals surface area contributed by atoms with Crippen LogP contribution in [0, 0.1) is 0 Å². The zero-order valence-corrected chi connectivity index (χ0v) is 58.9. The van der Waals surface area contributed by atoms with Crippen LogP contribution in [-0.2, 0) is 56.6 Å². The number of unbranched alkanes of at least 4 members (excludes halogenated alkanes) is 1. The van der Waals surface area contributed by atoms with Gasteiger partial charge in [-0.1, -0.05) is 62.4 Å². The number of guanidine groups is 1. The molecule has 0 radical (unpaired) electrons. The molecule has 5 atom stereocenters. The number of amides is 7. The van der Waals surface area contributed by atoms with E-state index in [-0.39, 0.29) is 92.0 Å². The first-order valence-corrected chi connectivity index (χ1v) is 36.5. The first-order valence-electron chi connectivity index (χ1n) is 31.1. The van der Waals surface area contributed by atoms with E-state index >= 15 is 0 Å². The van der Waals surface area contributed by atoms with E-state index in [1.165, 1.54) is 34.5 Å². The second-order valence-corrected chi connectivity index (χ2v) is 28.7. The summed E-state index contributed by atoms with van der Waals surface area (Å²) in [5, 5.41) is 64.2. The first-order chi connectivity index (χ1) is 47.6. The Bertz CT molecular complexity index is 4060. The number of H-pyrrole nitrogens is 1. The Morgan fingerprint density at radius 1 is 0.830 bits per heavy atom. The number of aryl methyl sites for hydroxylation is 2. The second-order valence-electron chi connectivity index (χ2n) is 23.1. The summed E-state index contributed by atoms with van der Waals surface area (Å²) in [4.78, 5) is 131. The van der Waals surface area contributed by atoms with Crippen molar-refractivity contribution in [3.8, 4) is 17.2 Å². The van der Waals surface area contributed by atoms with Gasteiger partial charge in [0.05, 0.1) is 42.4 Å². The van der Waals surface area contributed by atoms with Crippen LogP contribution >= 0.6 is 44.5 Å². The molecule has 15 N–H and O–H groups in total. The third-order valence-corrected chi connectivity index (χ3v) is 20.1. The summed E-state index contributed by atoms with van der Waals surface area (Å²) in [6, 6.07) is 7.46. The van der Waals surface area contributed by atoms with Gasteiger partial charge in [-0.3, -0.25) is 48.0 Å². The molecule has 3 aromatic carbocycles. The zero-order chi connectivity index (χ0) is 72.8. The third kappa shape index (κ3) is 23.0. The van der Waals surface area contributed by atoms with Gasteiger partial charge in [0.1, 0.15) is 36.7 Å². The molecule has 0 bridgehead atoms. The van der Waals surface area contributed by atoms with E-state index in [1.807, 2.05) is 37.2 Å². The van der Waals surface area contributed by atoms with Gasteiger partial charge >= 0.3 is 18.0 Å². The maximum Gasteiger partial charge on any atom is 0.415 e. The summed E-state index contributed by atoms with van der Waals surface area (Å²) in [7, 11) is 5.18. The molecule has 1 aliphatic rings. The van der Waals surface area contributed by atoms with Crippen LogP contribution in [0.2, 0.25) is 0 Å². The van der Waals surface area contributed by atoms with Crippen molar-refractivity contribution >= 4 is 146 Å². The van der Waals surface area contributed by atoms with Crippen LogP contribution in [0.1, 0.15) is 85.3 Å². The normalized spacial score (nSPS) is 13.9. The van der Waals surface area contributed by atoms with Crippen molar-refractivity contribution in [2.45, 2.75) is 105 Å². The Morgan fingerprint density at radius 3 is 2.20 bits per heavy atom. The minimum Gasteiger partial charge on any atom is -0.493 e. The van der Waals surface area contributed by atoms with Crippen LogP contribution in [0.3, 0.4) is 0 Å². The lowest BCUT2D eigenvalue weighted by Gasteiger charge is -2.25. The third-order valence-electron chi connectivity index (χ3n) is 15.2. The molecular weight excluding hydrogens is 1410 g/mol. The molecule has 7 rings (SSSR count). The van der Waals surface area contributed by atoms with Crippen LogP contribution in [0.15, 0.2) is 64.2 Å². The number of sulfonamides is 1. The summed E-state index contributed by atoms with van der Waals surface area (Å²) < 4.78 is 41.6. The number of ether oxygens (including phenoxy) is 3. The average molecular weight is 1490 g/mol. The maximum absolute atomic E-state index is 14.7. The van der Waals surface area contributed by atoms with Crippen LogP contribution in [0.4, 0.5) is 15.6 Å². The van der Waals surface area contributed by atoms with Gasteiger partial charge in [0.15, 0.2) is 17.5 Å². The van der Waals surface area contributed by atoms with Gasteiger partial charge in [-0.05, 0) is 69.6 Å². The molecule has 542 valence electrons. The van der Waals surface area contributed by atoms with Crippen molar-refractivity contribution in [1.29, 1.82) is 0 Å². The summed E-state index contributed by atoms with van der Waals surface area (Å²) in [5.41, 5.74) is 13.9. The highest BCUT2D eigenvalue weighted by atomic mass is 35.5. The molecule has 0 saturated carbocycles. The SMILES string of the molecule is COc1cc2[nH]cc(C(=O)N3C[C@@H](CCl)c4c3cc(OC(=O)N(C)CCSSC[C@@H](O)NC(=O)[C@H](CC(=O)O)NC(=O)[C@H](CCCN=C(N)N)NC(=O)[C@H](CC(=O)O)NC(=O)CCCCn3cc(CCCC(=O)Nc5nnc(S(N)(=O)=O)s5)nn3)c3ccccc43)c2cc1OCCN(C)C. The number of nitrogens with zero attached hydrogens (tertiary/aromatic N) is 9. The largest absolute Gasteiger partial charge is 0.493 e. The molecule has 0 spiro atoms. The van der Waals surface area contributed by atoms with Crippen molar-refractivity contribution in [1.82, 2.24) is 61.2 Å². The number of aromatic nitrogens is 6. The Labute approximate surface area is 590 Å². The maximum atomic E-state index is 14.7. The molecule has 40 heteroatoms. The van der Waals surface area contributed by atoms with Crippen LogP contribution in [0.5, 0.6) is 17.2 Å². The number of methoxy groups -OCH3 is 1. The van der Waals surface area contributed by atoms with E-state index in [1.54, 1.807) is 41.6 Å².